The van der Waals surface area contributed by atoms with Crippen molar-refractivity contribution in [2.45, 2.75) is 25.2 Å². The van der Waals surface area contributed by atoms with Crippen LogP contribution in [0.1, 0.15) is 36.3 Å². The van der Waals surface area contributed by atoms with E-state index >= 15 is 0 Å². The summed E-state index contributed by atoms with van der Waals surface area (Å²) in [6, 6.07) is 8.29. The van der Waals surface area contributed by atoms with Gasteiger partial charge in [-0.15, -0.1) is 6.42 Å². The minimum Gasteiger partial charge on any atom is -0.115 e. The predicted octanol–water partition coefficient (Wildman–Crippen LogP) is 2.94. The van der Waals surface area contributed by atoms with Crippen LogP contribution in [0, 0.1) is 12.3 Å². The van der Waals surface area contributed by atoms with Crippen LogP contribution in [0.2, 0.25) is 0 Å². The van der Waals surface area contributed by atoms with Crippen LogP contribution in [0.3, 0.4) is 0 Å². The molecule has 12 heavy (non-hydrogen) atoms. The number of rotatable bonds is 1. The van der Waals surface area contributed by atoms with E-state index in [-0.39, 0.29) is 0 Å². The summed E-state index contributed by atoms with van der Waals surface area (Å²) in [4.78, 5) is 0. The third kappa shape index (κ3) is 1.12. The Bertz CT molecular complexity index is 313. The van der Waals surface area contributed by atoms with Crippen molar-refractivity contribution >= 4 is 0 Å². The maximum atomic E-state index is 5.42. The maximum Gasteiger partial charge on any atom is 0.0277 e. The molecule has 0 heterocycles. The monoisotopic (exact) mass is 156 g/mol. The molecule has 60 valence electrons. The summed E-state index contributed by atoms with van der Waals surface area (Å²) in [5, 5.41) is 0. The second-order valence-corrected chi connectivity index (χ2v) is 3.36. The molecule has 0 spiro atoms. The van der Waals surface area contributed by atoms with E-state index in [9.17, 15) is 0 Å². The zero-order chi connectivity index (χ0) is 8.39. The van der Waals surface area contributed by atoms with E-state index in [4.69, 9.17) is 6.42 Å². The number of hydrogen-bond acceptors (Lipinski definition) is 0. The van der Waals surface area contributed by atoms with E-state index in [1.165, 1.54) is 24.8 Å². The molecule has 0 saturated heterocycles. The Morgan fingerprint density at radius 2 is 2.00 bits per heavy atom. The van der Waals surface area contributed by atoms with Crippen molar-refractivity contribution in [2.75, 3.05) is 0 Å². The molecule has 0 unspecified atom stereocenters. The summed E-state index contributed by atoms with van der Waals surface area (Å²) in [5.41, 5.74) is 2.47. The van der Waals surface area contributed by atoms with Gasteiger partial charge in [0.15, 0.2) is 0 Å². The first-order chi connectivity index (χ1) is 5.92. The lowest BCUT2D eigenvalue weighted by molar-refractivity contribution is 0.419. The van der Waals surface area contributed by atoms with E-state index in [2.05, 4.69) is 18.1 Å². The van der Waals surface area contributed by atoms with Crippen molar-refractivity contribution in [3.8, 4) is 12.3 Å². The quantitative estimate of drug-likeness (QED) is 0.548. The topological polar surface area (TPSA) is 0 Å². The summed E-state index contributed by atoms with van der Waals surface area (Å²) in [6.07, 6.45) is 9.42. The number of benzene rings is 1. The van der Waals surface area contributed by atoms with Gasteiger partial charge in [-0.25, -0.2) is 0 Å². The fourth-order valence-electron chi connectivity index (χ4n) is 1.70. The molecule has 0 amide bonds. The average molecular weight is 156 g/mol. The summed E-state index contributed by atoms with van der Waals surface area (Å²) >= 11 is 0. The molecule has 0 radical (unpaired) electrons. The Balaban J connectivity index is 2.35. The fraction of sp³-hybridized carbons (Fsp3) is 0.333. The van der Waals surface area contributed by atoms with Crippen molar-refractivity contribution in [3.63, 3.8) is 0 Å². The van der Waals surface area contributed by atoms with E-state index < -0.39 is 0 Å². The molecular weight excluding hydrogens is 144 g/mol. The molecule has 0 nitrogen and oxygen atoms in total. The third-order valence-corrected chi connectivity index (χ3v) is 2.66. The fourth-order valence-corrected chi connectivity index (χ4v) is 1.70. The smallest absolute Gasteiger partial charge is 0.0277 e. The lowest BCUT2D eigenvalue weighted by Crippen LogP contribution is -2.09. The molecular formula is C12H12. The highest BCUT2D eigenvalue weighted by molar-refractivity contribution is 5.42. The highest BCUT2D eigenvalue weighted by atomic mass is 14.2. The highest BCUT2D eigenvalue weighted by Crippen LogP contribution is 2.37. The van der Waals surface area contributed by atoms with Crippen LogP contribution in [0.25, 0.3) is 0 Å². The van der Waals surface area contributed by atoms with E-state index in [1.54, 1.807) is 0 Å². The van der Waals surface area contributed by atoms with E-state index in [0.717, 1.165) is 11.5 Å². The van der Waals surface area contributed by atoms with Crippen LogP contribution >= 0.6 is 0 Å². The van der Waals surface area contributed by atoms with Crippen LogP contribution in [0.15, 0.2) is 24.3 Å². The Morgan fingerprint density at radius 3 is 2.58 bits per heavy atom. The van der Waals surface area contributed by atoms with Gasteiger partial charge in [0.1, 0.15) is 0 Å². The molecule has 1 aliphatic carbocycles. The SMILES string of the molecule is C#Cc1ccccc1C1CCC1. The summed E-state index contributed by atoms with van der Waals surface area (Å²) < 4.78 is 0. The van der Waals surface area contributed by atoms with Gasteiger partial charge in [-0.3, -0.25) is 0 Å². The standard InChI is InChI=1S/C12H12/c1-2-10-6-3-4-9-12(10)11-7-5-8-11/h1,3-4,6,9,11H,5,7-8H2. The van der Waals surface area contributed by atoms with Crippen molar-refractivity contribution in [2.24, 2.45) is 0 Å². The Kier molecular flexibility index (Phi) is 1.87. The van der Waals surface area contributed by atoms with Gasteiger partial charge in [0.25, 0.3) is 0 Å². The predicted molar refractivity (Wildman–Crippen MR) is 51.0 cm³/mol. The molecule has 0 aliphatic heterocycles. The molecule has 0 atom stereocenters. The van der Waals surface area contributed by atoms with Gasteiger partial charge in [-0.05, 0) is 30.4 Å². The van der Waals surface area contributed by atoms with Crippen molar-refractivity contribution in [3.05, 3.63) is 35.4 Å². The average Bonchev–Trinajstić information content (AvgIpc) is 2.02. The molecule has 1 aromatic rings. The Hall–Kier alpha value is -1.22. The van der Waals surface area contributed by atoms with Crippen LogP contribution in [0.5, 0.6) is 0 Å². The zero-order valence-electron chi connectivity index (χ0n) is 7.09. The Labute approximate surface area is 73.6 Å². The normalized spacial score (nSPS) is 16.6. The summed E-state index contributed by atoms with van der Waals surface area (Å²) in [7, 11) is 0. The van der Waals surface area contributed by atoms with Gasteiger partial charge < -0.3 is 0 Å². The molecule has 0 aromatic heterocycles. The molecule has 1 aliphatic rings. The molecule has 1 fully saturated rings. The van der Waals surface area contributed by atoms with Crippen molar-refractivity contribution < 1.29 is 0 Å². The second kappa shape index (κ2) is 3.03. The van der Waals surface area contributed by atoms with Gasteiger partial charge in [0, 0.05) is 5.56 Å². The summed E-state index contributed by atoms with van der Waals surface area (Å²) in [5.74, 6) is 3.49. The van der Waals surface area contributed by atoms with Gasteiger partial charge in [0.05, 0.1) is 0 Å². The molecule has 1 aromatic carbocycles. The largest absolute Gasteiger partial charge is 0.115 e. The van der Waals surface area contributed by atoms with Crippen molar-refractivity contribution in [1.82, 2.24) is 0 Å². The first kappa shape index (κ1) is 7.43. The number of hydrogen-bond donors (Lipinski definition) is 0. The van der Waals surface area contributed by atoms with Crippen LogP contribution in [-0.4, -0.2) is 0 Å². The van der Waals surface area contributed by atoms with Crippen LogP contribution < -0.4 is 0 Å². The molecule has 2 rings (SSSR count). The highest BCUT2D eigenvalue weighted by Gasteiger charge is 2.20. The molecule has 0 heteroatoms. The lowest BCUT2D eigenvalue weighted by Gasteiger charge is -2.26. The van der Waals surface area contributed by atoms with Crippen LogP contribution in [0.4, 0.5) is 0 Å². The van der Waals surface area contributed by atoms with Gasteiger partial charge in [-0.2, -0.15) is 0 Å². The lowest BCUT2D eigenvalue weighted by atomic mass is 9.78. The molecule has 0 bridgehead atoms. The zero-order valence-corrected chi connectivity index (χ0v) is 7.09. The van der Waals surface area contributed by atoms with Gasteiger partial charge in [0.2, 0.25) is 0 Å². The minimum atomic E-state index is 0.747. The van der Waals surface area contributed by atoms with Crippen LogP contribution in [-0.2, 0) is 0 Å². The Morgan fingerprint density at radius 1 is 1.25 bits per heavy atom. The molecule has 0 N–H and O–H groups in total. The first-order valence-corrected chi connectivity index (χ1v) is 4.47. The molecule has 1 saturated carbocycles. The first-order valence-electron chi connectivity index (χ1n) is 4.47. The third-order valence-electron chi connectivity index (χ3n) is 2.66. The van der Waals surface area contributed by atoms with Crippen molar-refractivity contribution in [1.29, 1.82) is 0 Å². The number of terminal acetylenes is 1. The second-order valence-electron chi connectivity index (χ2n) is 3.36. The minimum absolute atomic E-state index is 0.747. The van der Waals surface area contributed by atoms with Gasteiger partial charge in [-0.1, -0.05) is 30.5 Å². The maximum absolute atomic E-state index is 5.42. The van der Waals surface area contributed by atoms with E-state index in [0.29, 0.717) is 0 Å². The van der Waals surface area contributed by atoms with Gasteiger partial charge >= 0.3 is 0 Å². The van der Waals surface area contributed by atoms with E-state index in [1.807, 2.05) is 12.1 Å². The summed E-state index contributed by atoms with van der Waals surface area (Å²) in [6.45, 7) is 0.